The third kappa shape index (κ3) is 4.52. The molecular formula is C16H24BrN3O2. The smallest absolute Gasteiger partial charge is 0.238 e. The van der Waals surface area contributed by atoms with Crippen molar-refractivity contribution in [1.82, 2.24) is 4.90 Å². The molecule has 0 aromatic heterocycles. The number of hydrogen-bond donors (Lipinski definition) is 2. The minimum atomic E-state index is -0.00367. The molecule has 1 aromatic carbocycles. The second-order valence-electron chi connectivity index (χ2n) is 5.75. The van der Waals surface area contributed by atoms with Crippen LogP contribution >= 0.6 is 15.9 Å². The molecule has 1 aromatic rings. The van der Waals surface area contributed by atoms with Crippen LogP contribution in [0.25, 0.3) is 0 Å². The zero-order valence-corrected chi connectivity index (χ0v) is 14.7. The number of nitrogens with zero attached hydrogens (tertiary/aromatic N) is 1. The van der Waals surface area contributed by atoms with Gasteiger partial charge in [0.1, 0.15) is 0 Å². The molecule has 0 bridgehead atoms. The molecule has 1 aliphatic heterocycles. The third-order valence-electron chi connectivity index (χ3n) is 4.18. The van der Waals surface area contributed by atoms with E-state index < -0.39 is 0 Å². The van der Waals surface area contributed by atoms with Crippen molar-refractivity contribution in [2.45, 2.75) is 31.9 Å². The number of carbonyl (C=O) groups excluding carboxylic acids is 1. The Morgan fingerprint density at radius 2 is 2.32 bits per heavy atom. The molecular weight excluding hydrogens is 346 g/mol. The van der Waals surface area contributed by atoms with Crippen molar-refractivity contribution in [1.29, 1.82) is 0 Å². The van der Waals surface area contributed by atoms with Gasteiger partial charge in [0.15, 0.2) is 0 Å². The first-order valence-corrected chi connectivity index (χ1v) is 8.35. The molecule has 0 spiro atoms. The number of hydrogen-bond acceptors (Lipinski definition) is 4. The van der Waals surface area contributed by atoms with Gasteiger partial charge >= 0.3 is 0 Å². The second kappa shape index (κ2) is 8.06. The van der Waals surface area contributed by atoms with E-state index in [1.807, 2.05) is 25.1 Å². The number of ether oxygens (including phenoxy) is 1. The van der Waals surface area contributed by atoms with Gasteiger partial charge in [-0.05, 0) is 43.5 Å². The second-order valence-corrected chi connectivity index (χ2v) is 6.61. The van der Waals surface area contributed by atoms with Crippen molar-refractivity contribution in [2.75, 3.05) is 32.1 Å². The number of halogens is 1. The van der Waals surface area contributed by atoms with E-state index in [0.29, 0.717) is 13.1 Å². The number of carbonyl (C=O) groups is 1. The van der Waals surface area contributed by atoms with E-state index in [0.717, 1.165) is 35.1 Å². The highest BCUT2D eigenvalue weighted by Crippen LogP contribution is 2.21. The number of nitrogens with one attached hydrogen (secondary N) is 1. The molecule has 2 rings (SSSR count). The Morgan fingerprint density at radius 3 is 2.95 bits per heavy atom. The number of aryl methyl sites for hydroxylation is 1. The number of amides is 1. The van der Waals surface area contributed by atoms with Gasteiger partial charge in [0, 0.05) is 36.4 Å². The molecule has 3 N–H and O–H groups in total. The van der Waals surface area contributed by atoms with Crippen LogP contribution in [0.15, 0.2) is 22.7 Å². The first-order chi connectivity index (χ1) is 10.5. The lowest BCUT2D eigenvalue weighted by Gasteiger charge is -2.37. The fraction of sp³-hybridized carbons (Fsp3) is 0.562. The summed E-state index contributed by atoms with van der Waals surface area (Å²) >= 11 is 3.46. The lowest BCUT2D eigenvalue weighted by atomic mass is 9.99. The number of piperidine rings is 1. The quantitative estimate of drug-likeness (QED) is 0.834. The summed E-state index contributed by atoms with van der Waals surface area (Å²) in [5, 5.41) is 2.95. The predicted molar refractivity (Wildman–Crippen MR) is 92.0 cm³/mol. The molecule has 1 heterocycles. The monoisotopic (exact) mass is 369 g/mol. The van der Waals surface area contributed by atoms with E-state index in [1.54, 1.807) is 7.11 Å². The first-order valence-electron chi connectivity index (χ1n) is 7.56. The summed E-state index contributed by atoms with van der Waals surface area (Å²) in [4.78, 5) is 14.4. The Labute approximate surface area is 140 Å². The van der Waals surface area contributed by atoms with Crippen LogP contribution in [0.2, 0.25) is 0 Å². The molecule has 22 heavy (non-hydrogen) atoms. The number of likely N-dealkylation sites (tertiary alicyclic amines) is 1. The van der Waals surface area contributed by atoms with Gasteiger partial charge in [-0.25, -0.2) is 0 Å². The normalized spacial score (nSPS) is 22.5. The van der Waals surface area contributed by atoms with Gasteiger partial charge in [-0.1, -0.05) is 15.9 Å². The largest absolute Gasteiger partial charge is 0.381 e. The van der Waals surface area contributed by atoms with Gasteiger partial charge < -0.3 is 15.8 Å². The average Bonchev–Trinajstić information content (AvgIpc) is 2.51. The van der Waals surface area contributed by atoms with Crippen molar-refractivity contribution in [3.8, 4) is 0 Å². The van der Waals surface area contributed by atoms with Crippen molar-refractivity contribution in [3.05, 3.63) is 28.2 Å². The zero-order chi connectivity index (χ0) is 16.1. The minimum Gasteiger partial charge on any atom is -0.381 e. The fourth-order valence-electron chi connectivity index (χ4n) is 2.84. The summed E-state index contributed by atoms with van der Waals surface area (Å²) in [5.74, 6) is -0.00367. The van der Waals surface area contributed by atoms with E-state index >= 15 is 0 Å². The summed E-state index contributed by atoms with van der Waals surface area (Å²) in [6.45, 7) is 3.75. The van der Waals surface area contributed by atoms with Crippen LogP contribution < -0.4 is 11.1 Å². The van der Waals surface area contributed by atoms with Crippen molar-refractivity contribution in [3.63, 3.8) is 0 Å². The summed E-state index contributed by atoms with van der Waals surface area (Å²) in [6, 6.07) is 6.00. The van der Waals surface area contributed by atoms with Crippen LogP contribution in [0.1, 0.15) is 18.4 Å². The molecule has 122 valence electrons. The zero-order valence-electron chi connectivity index (χ0n) is 13.1. The maximum atomic E-state index is 12.3. The number of rotatable bonds is 5. The van der Waals surface area contributed by atoms with E-state index in [1.165, 1.54) is 0 Å². The topological polar surface area (TPSA) is 67.6 Å². The van der Waals surface area contributed by atoms with Crippen LogP contribution in [0, 0.1) is 6.92 Å². The third-order valence-corrected chi connectivity index (χ3v) is 5.07. The Balaban J connectivity index is 1.92. The summed E-state index contributed by atoms with van der Waals surface area (Å²) in [6.07, 6.45) is 2.08. The SMILES string of the molecule is COC1CCN(CC(=O)Nc2ccc(Br)c(C)c2)C(CN)C1. The van der Waals surface area contributed by atoms with Crippen LogP contribution in [-0.2, 0) is 9.53 Å². The van der Waals surface area contributed by atoms with Crippen LogP contribution in [-0.4, -0.2) is 49.7 Å². The van der Waals surface area contributed by atoms with Gasteiger partial charge in [-0.3, -0.25) is 9.69 Å². The summed E-state index contributed by atoms with van der Waals surface area (Å²) < 4.78 is 6.45. The highest BCUT2D eigenvalue weighted by Gasteiger charge is 2.28. The number of methoxy groups -OCH3 is 1. The maximum absolute atomic E-state index is 12.3. The molecule has 0 aliphatic carbocycles. The molecule has 1 saturated heterocycles. The lowest BCUT2D eigenvalue weighted by molar-refractivity contribution is -0.118. The van der Waals surface area contributed by atoms with Gasteiger partial charge in [0.2, 0.25) is 5.91 Å². The average molecular weight is 370 g/mol. The van der Waals surface area contributed by atoms with E-state index in [2.05, 4.69) is 26.1 Å². The van der Waals surface area contributed by atoms with Gasteiger partial charge in [-0.2, -0.15) is 0 Å². The first kappa shape index (κ1) is 17.4. The Morgan fingerprint density at radius 1 is 1.55 bits per heavy atom. The van der Waals surface area contributed by atoms with Crippen molar-refractivity contribution < 1.29 is 9.53 Å². The minimum absolute atomic E-state index is 0.00367. The molecule has 5 nitrogen and oxygen atoms in total. The molecule has 1 aliphatic rings. The standard InChI is InChI=1S/C16H24BrN3O2/c1-11-7-12(3-4-15(11)17)19-16(21)10-20-6-5-14(22-2)8-13(20)9-18/h3-4,7,13-14H,5-6,8-10,18H2,1-2H3,(H,19,21). The van der Waals surface area contributed by atoms with Crippen LogP contribution in [0.4, 0.5) is 5.69 Å². The maximum Gasteiger partial charge on any atom is 0.238 e. The van der Waals surface area contributed by atoms with Gasteiger partial charge in [0.25, 0.3) is 0 Å². The Kier molecular flexibility index (Phi) is 6.37. The van der Waals surface area contributed by atoms with Crippen LogP contribution in [0.3, 0.4) is 0 Å². The summed E-state index contributed by atoms with van der Waals surface area (Å²) in [7, 11) is 1.73. The lowest BCUT2D eigenvalue weighted by Crippen LogP contribution is -2.50. The number of benzene rings is 1. The van der Waals surface area contributed by atoms with Crippen LogP contribution in [0.5, 0.6) is 0 Å². The number of nitrogens with two attached hydrogens (primary N) is 1. The predicted octanol–water partition coefficient (Wildman–Crippen LogP) is 2.13. The summed E-state index contributed by atoms with van der Waals surface area (Å²) in [5.41, 5.74) is 7.76. The Hall–Kier alpha value is -0.950. The van der Waals surface area contributed by atoms with Gasteiger partial charge in [-0.15, -0.1) is 0 Å². The van der Waals surface area contributed by atoms with Gasteiger partial charge in [0.05, 0.1) is 12.6 Å². The molecule has 2 unspecified atom stereocenters. The molecule has 1 fully saturated rings. The fourth-order valence-corrected chi connectivity index (χ4v) is 3.08. The highest BCUT2D eigenvalue weighted by molar-refractivity contribution is 9.10. The molecule has 0 saturated carbocycles. The van der Waals surface area contributed by atoms with E-state index in [-0.39, 0.29) is 18.1 Å². The van der Waals surface area contributed by atoms with E-state index in [4.69, 9.17) is 10.5 Å². The highest BCUT2D eigenvalue weighted by atomic mass is 79.9. The molecule has 6 heteroatoms. The van der Waals surface area contributed by atoms with E-state index in [9.17, 15) is 4.79 Å². The molecule has 2 atom stereocenters. The van der Waals surface area contributed by atoms with Crippen molar-refractivity contribution in [2.24, 2.45) is 5.73 Å². The molecule has 0 radical (unpaired) electrons. The number of anilines is 1. The van der Waals surface area contributed by atoms with Crippen molar-refractivity contribution >= 4 is 27.5 Å². The molecule has 1 amide bonds. The Bertz CT molecular complexity index is 524.